The zero-order valence-corrected chi connectivity index (χ0v) is 14.1. The van der Waals surface area contributed by atoms with Gasteiger partial charge in [0.15, 0.2) is 0 Å². The predicted octanol–water partition coefficient (Wildman–Crippen LogP) is 3.89. The number of aromatic nitrogens is 2. The van der Waals surface area contributed by atoms with E-state index < -0.39 is 0 Å². The van der Waals surface area contributed by atoms with Crippen LogP contribution in [0.15, 0.2) is 71.5 Å². The number of piperidine rings is 1. The molecule has 0 aliphatic carbocycles. The lowest BCUT2D eigenvalue weighted by atomic mass is 10.1. The normalized spacial score (nSPS) is 14.5. The quantitative estimate of drug-likeness (QED) is 0.731. The minimum atomic E-state index is -0.0411. The molecule has 1 aliphatic rings. The number of hydrogen-bond acceptors (Lipinski definition) is 3. The number of rotatable bonds is 3. The van der Waals surface area contributed by atoms with Crippen molar-refractivity contribution >= 4 is 5.82 Å². The SMILES string of the molecule is O=c1cc(N2CCCCC2)nc(-c2ccccc2)n1-c1ccccc1. The van der Waals surface area contributed by atoms with Gasteiger partial charge in [0, 0.05) is 24.7 Å². The van der Waals surface area contributed by atoms with E-state index in [4.69, 9.17) is 4.98 Å². The van der Waals surface area contributed by atoms with Gasteiger partial charge in [0.25, 0.3) is 5.56 Å². The molecule has 0 radical (unpaired) electrons. The average Bonchev–Trinajstić information content (AvgIpc) is 2.69. The van der Waals surface area contributed by atoms with Crippen molar-refractivity contribution in [2.24, 2.45) is 0 Å². The van der Waals surface area contributed by atoms with Gasteiger partial charge in [-0.3, -0.25) is 9.36 Å². The van der Waals surface area contributed by atoms with Crippen molar-refractivity contribution in [1.82, 2.24) is 9.55 Å². The highest BCUT2D eigenvalue weighted by atomic mass is 16.1. The summed E-state index contributed by atoms with van der Waals surface area (Å²) < 4.78 is 1.70. The first-order valence-corrected chi connectivity index (χ1v) is 8.83. The third-order valence-electron chi connectivity index (χ3n) is 4.63. The molecule has 4 heteroatoms. The maximum atomic E-state index is 13.0. The van der Waals surface area contributed by atoms with E-state index in [9.17, 15) is 4.79 Å². The standard InChI is InChI=1S/C21H21N3O/c25-20-16-19(23-14-8-3-9-15-23)22-21(17-10-4-1-5-11-17)24(20)18-12-6-2-7-13-18/h1-2,4-7,10-13,16H,3,8-9,14-15H2. The average molecular weight is 331 g/mol. The molecule has 2 aromatic carbocycles. The van der Waals surface area contributed by atoms with Gasteiger partial charge in [0.2, 0.25) is 0 Å². The van der Waals surface area contributed by atoms with Crippen molar-refractivity contribution in [2.45, 2.75) is 19.3 Å². The summed E-state index contributed by atoms with van der Waals surface area (Å²) in [6.45, 7) is 1.94. The molecule has 3 aromatic rings. The Labute approximate surface area is 147 Å². The van der Waals surface area contributed by atoms with Gasteiger partial charge in [0.1, 0.15) is 11.6 Å². The fraction of sp³-hybridized carbons (Fsp3) is 0.238. The van der Waals surface area contributed by atoms with E-state index in [2.05, 4.69) is 4.90 Å². The van der Waals surface area contributed by atoms with E-state index in [0.29, 0.717) is 5.82 Å². The largest absolute Gasteiger partial charge is 0.356 e. The molecule has 4 rings (SSSR count). The minimum Gasteiger partial charge on any atom is -0.356 e. The molecule has 4 nitrogen and oxygen atoms in total. The molecule has 0 saturated carbocycles. The van der Waals surface area contributed by atoms with E-state index in [-0.39, 0.29) is 5.56 Å². The second-order valence-corrected chi connectivity index (χ2v) is 6.36. The molecular formula is C21H21N3O. The van der Waals surface area contributed by atoms with Gasteiger partial charge < -0.3 is 4.90 Å². The summed E-state index contributed by atoms with van der Waals surface area (Å²) in [7, 11) is 0. The van der Waals surface area contributed by atoms with Crippen LogP contribution < -0.4 is 10.5 Å². The Morgan fingerprint density at radius 1 is 0.800 bits per heavy atom. The summed E-state index contributed by atoms with van der Waals surface area (Å²) in [6, 6.07) is 21.3. The second-order valence-electron chi connectivity index (χ2n) is 6.36. The highest BCUT2D eigenvalue weighted by molar-refractivity contribution is 5.61. The lowest BCUT2D eigenvalue weighted by molar-refractivity contribution is 0.572. The molecule has 0 amide bonds. The predicted molar refractivity (Wildman–Crippen MR) is 101 cm³/mol. The summed E-state index contributed by atoms with van der Waals surface area (Å²) in [6.07, 6.45) is 3.57. The Bertz CT molecular complexity index is 897. The van der Waals surface area contributed by atoms with Gasteiger partial charge in [0.05, 0.1) is 5.69 Å². The van der Waals surface area contributed by atoms with E-state index in [1.165, 1.54) is 6.42 Å². The third kappa shape index (κ3) is 3.20. The Hall–Kier alpha value is -2.88. The number of para-hydroxylation sites is 1. The zero-order valence-electron chi connectivity index (χ0n) is 14.1. The van der Waals surface area contributed by atoms with Gasteiger partial charge in [-0.25, -0.2) is 4.98 Å². The molecule has 0 spiro atoms. The molecule has 25 heavy (non-hydrogen) atoms. The molecule has 1 saturated heterocycles. The summed E-state index contributed by atoms with van der Waals surface area (Å²) in [5, 5.41) is 0. The first kappa shape index (κ1) is 15.6. The van der Waals surface area contributed by atoms with Gasteiger partial charge in [-0.1, -0.05) is 48.5 Å². The van der Waals surface area contributed by atoms with Crippen LogP contribution in [0.25, 0.3) is 17.1 Å². The van der Waals surface area contributed by atoms with Crippen LogP contribution in [-0.4, -0.2) is 22.6 Å². The fourth-order valence-corrected chi connectivity index (χ4v) is 3.36. The van der Waals surface area contributed by atoms with Crippen LogP contribution in [0.5, 0.6) is 0 Å². The van der Waals surface area contributed by atoms with Gasteiger partial charge in [-0.05, 0) is 31.4 Å². The maximum absolute atomic E-state index is 13.0. The maximum Gasteiger partial charge on any atom is 0.260 e. The first-order chi connectivity index (χ1) is 12.3. The van der Waals surface area contributed by atoms with Gasteiger partial charge in [-0.2, -0.15) is 0 Å². The lowest BCUT2D eigenvalue weighted by Crippen LogP contribution is -2.32. The van der Waals surface area contributed by atoms with Crippen LogP contribution >= 0.6 is 0 Å². The fourth-order valence-electron chi connectivity index (χ4n) is 3.36. The van der Waals surface area contributed by atoms with Crippen LogP contribution in [0, 0.1) is 0 Å². The van der Waals surface area contributed by atoms with Crippen molar-refractivity contribution in [3.8, 4) is 17.1 Å². The molecule has 1 aromatic heterocycles. The van der Waals surface area contributed by atoms with Gasteiger partial charge >= 0.3 is 0 Å². The molecule has 126 valence electrons. The second kappa shape index (κ2) is 6.93. The molecule has 0 N–H and O–H groups in total. The van der Waals surface area contributed by atoms with E-state index in [1.54, 1.807) is 10.6 Å². The van der Waals surface area contributed by atoms with E-state index in [1.807, 2.05) is 60.7 Å². The molecular weight excluding hydrogens is 310 g/mol. The topological polar surface area (TPSA) is 38.1 Å². The summed E-state index contributed by atoms with van der Waals surface area (Å²) in [5.41, 5.74) is 1.74. The van der Waals surface area contributed by atoms with Crippen molar-refractivity contribution in [2.75, 3.05) is 18.0 Å². The number of anilines is 1. The Balaban J connectivity index is 1.90. The molecule has 1 aliphatic heterocycles. The van der Waals surface area contributed by atoms with Crippen LogP contribution in [0.1, 0.15) is 19.3 Å². The highest BCUT2D eigenvalue weighted by Crippen LogP contribution is 2.23. The number of hydrogen-bond donors (Lipinski definition) is 0. The van der Waals surface area contributed by atoms with E-state index >= 15 is 0 Å². The molecule has 0 bridgehead atoms. The first-order valence-electron chi connectivity index (χ1n) is 8.83. The molecule has 1 fully saturated rings. The monoisotopic (exact) mass is 331 g/mol. The summed E-state index contributed by atoms with van der Waals surface area (Å²) in [5.74, 6) is 1.48. The zero-order chi connectivity index (χ0) is 17.1. The smallest absolute Gasteiger partial charge is 0.260 e. The molecule has 2 heterocycles. The Morgan fingerprint density at radius 3 is 2.12 bits per heavy atom. The third-order valence-corrected chi connectivity index (χ3v) is 4.63. The summed E-state index contributed by atoms with van der Waals surface area (Å²) in [4.78, 5) is 20.1. The Morgan fingerprint density at radius 2 is 1.44 bits per heavy atom. The van der Waals surface area contributed by atoms with Crippen molar-refractivity contribution in [1.29, 1.82) is 0 Å². The van der Waals surface area contributed by atoms with Crippen LogP contribution in [0.3, 0.4) is 0 Å². The number of nitrogens with zero attached hydrogens (tertiary/aromatic N) is 3. The minimum absolute atomic E-state index is 0.0411. The highest BCUT2D eigenvalue weighted by Gasteiger charge is 2.17. The number of benzene rings is 2. The lowest BCUT2D eigenvalue weighted by Gasteiger charge is -2.28. The van der Waals surface area contributed by atoms with E-state index in [0.717, 1.165) is 43.0 Å². The summed E-state index contributed by atoms with van der Waals surface area (Å²) >= 11 is 0. The molecule has 0 atom stereocenters. The van der Waals surface area contributed by atoms with Crippen molar-refractivity contribution in [3.63, 3.8) is 0 Å². The van der Waals surface area contributed by atoms with Crippen molar-refractivity contribution in [3.05, 3.63) is 77.1 Å². The molecule has 0 unspecified atom stereocenters. The van der Waals surface area contributed by atoms with Crippen LogP contribution in [0.2, 0.25) is 0 Å². The Kier molecular flexibility index (Phi) is 4.34. The van der Waals surface area contributed by atoms with Crippen LogP contribution in [0.4, 0.5) is 5.82 Å². The van der Waals surface area contributed by atoms with Crippen molar-refractivity contribution < 1.29 is 0 Å². The van der Waals surface area contributed by atoms with Gasteiger partial charge in [-0.15, -0.1) is 0 Å². The van der Waals surface area contributed by atoms with Crippen LogP contribution in [-0.2, 0) is 0 Å².